The zero-order chi connectivity index (χ0) is 22.3. The molecule has 0 amide bonds. The van der Waals surface area contributed by atoms with Gasteiger partial charge in [-0.1, -0.05) is 36.2 Å². The van der Waals surface area contributed by atoms with Crippen LogP contribution < -0.4 is 4.74 Å². The largest absolute Gasteiger partial charge is 0.456 e. The average molecular weight is 470 g/mol. The van der Waals surface area contributed by atoms with Crippen molar-refractivity contribution in [2.75, 3.05) is 13.1 Å². The predicted molar refractivity (Wildman–Crippen MR) is 123 cm³/mol. The SMILES string of the molecule is O=C(Oc1ccc2oc3ccccc3c2c1)c1ccc(Cl)c(S(=O)(=O)N2CCCCC2)c1. The van der Waals surface area contributed by atoms with Gasteiger partial charge in [-0.25, -0.2) is 13.2 Å². The van der Waals surface area contributed by atoms with E-state index in [4.69, 9.17) is 20.8 Å². The Morgan fingerprint density at radius 1 is 0.906 bits per heavy atom. The maximum absolute atomic E-state index is 13.1. The summed E-state index contributed by atoms with van der Waals surface area (Å²) in [7, 11) is -3.79. The zero-order valence-corrected chi connectivity index (χ0v) is 18.7. The highest BCUT2D eigenvalue weighted by molar-refractivity contribution is 7.89. The molecule has 1 aliphatic heterocycles. The van der Waals surface area contributed by atoms with Gasteiger partial charge >= 0.3 is 5.97 Å². The molecular formula is C24H20ClNO5S. The lowest BCUT2D eigenvalue weighted by molar-refractivity contribution is 0.0734. The van der Waals surface area contributed by atoms with E-state index in [0.717, 1.165) is 35.6 Å². The molecule has 0 unspecified atom stereocenters. The van der Waals surface area contributed by atoms with E-state index < -0.39 is 16.0 Å². The third kappa shape index (κ3) is 3.77. The molecule has 1 saturated heterocycles. The number of carbonyl (C=O) groups is 1. The van der Waals surface area contributed by atoms with Gasteiger partial charge in [0.05, 0.1) is 10.6 Å². The third-order valence-corrected chi connectivity index (χ3v) is 8.04. The highest BCUT2D eigenvalue weighted by atomic mass is 35.5. The molecule has 32 heavy (non-hydrogen) atoms. The summed E-state index contributed by atoms with van der Waals surface area (Å²) in [5.41, 5.74) is 1.55. The summed E-state index contributed by atoms with van der Waals surface area (Å²) in [5, 5.41) is 1.83. The summed E-state index contributed by atoms with van der Waals surface area (Å²) in [6.45, 7) is 0.901. The zero-order valence-electron chi connectivity index (χ0n) is 17.1. The van der Waals surface area contributed by atoms with Gasteiger partial charge in [0, 0.05) is 23.9 Å². The first-order valence-electron chi connectivity index (χ1n) is 10.4. The standard InChI is InChI=1S/C24H20ClNO5S/c25-20-10-8-16(14-23(20)32(28,29)26-12-4-1-5-13-26)24(27)30-17-9-11-22-19(15-17)18-6-2-3-7-21(18)31-22/h2-3,6-11,14-15H,1,4-5,12-13H2. The van der Waals surface area contributed by atoms with Gasteiger partial charge in [-0.15, -0.1) is 0 Å². The molecular weight excluding hydrogens is 450 g/mol. The molecule has 6 nitrogen and oxygen atoms in total. The molecule has 1 aromatic heterocycles. The molecule has 0 spiro atoms. The molecule has 4 aromatic rings. The minimum atomic E-state index is -3.79. The van der Waals surface area contributed by atoms with Crippen LogP contribution in [0, 0.1) is 0 Å². The summed E-state index contributed by atoms with van der Waals surface area (Å²) in [4.78, 5) is 12.7. The lowest BCUT2D eigenvalue weighted by Crippen LogP contribution is -2.35. The van der Waals surface area contributed by atoms with Crippen LogP contribution in [-0.2, 0) is 10.0 Å². The number of halogens is 1. The number of carbonyl (C=O) groups excluding carboxylic acids is 1. The molecule has 1 aliphatic rings. The van der Waals surface area contributed by atoms with Crippen molar-refractivity contribution >= 4 is 49.5 Å². The number of fused-ring (bicyclic) bond motifs is 3. The molecule has 1 fully saturated rings. The van der Waals surface area contributed by atoms with E-state index in [9.17, 15) is 13.2 Å². The van der Waals surface area contributed by atoms with Crippen molar-refractivity contribution < 1.29 is 22.4 Å². The maximum atomic E-state index is 13.1. The van der Waals surface area contributed by atoms with E-state index in [1.807, 2.05) is 24.3 Å². The minimum Gasteiger partial charge on any atom is -0.456 e. The van der Waals surface area contributed by atoms with Crippen LogP contribution in [0.5, 0.6) is 5.75 Å². The Balaban J connectivity index is 1.45. The van der Waals surface area contributed by atoms with E-state index >= 15 is 0 Å². The van der Waals surface area contributed by atoms with Crippen molar-refractivity contribution in [3.63, 3.8) is 0 Å². The monoisotopic (exact) mass is 469 g/mol. The highest BCUT2D eigenvalue weighted by Gasteiger charge is 2.29. The number of ether oxygens (including phenoxy) is 1. The Labute approximate surface area is 190 Å². The van der Waals surface area contributed by atoms with Crippen LogP contribution in [0.4, 0.5) is 0 Å². The lowest BCUT2D eigenvalue weighted by Gasteiger charge is -2.26. The molecule has 8 heteroatoms. The fourth-order valence-electron chi connectivity index (χ4n) is 4.01. The van der Waals surface area contributed by atoms with E-state index in [1.165, 1.54) is 22.5 Å². The van der Waals surface area contributed by atoms with Gasteiger partial charge in [-0.2, -0.15) is 4.31 Å². The van der Waals surface area contributed by atoms with Crippen LogP contribution in [-0.4, -0.2) is 31.8 Å². The van der Waals surface area contributed by atoms with Crippen LogP contribution in [0.3, 0.4) is 0 Å². The average Bonchev–Trinajstić information content (AvgIpc) is 3.18. The second-order valence-corrected chi connectivity index (χ2v) is 10.1. The second kappa shape index (κ2) is 8.24. The number of furan rings is 1. The van der Waals surface area contributed by atoms with Crippen molar-refractivity contribution in [2.45, 2.75) is 24.2 Å². The smallest absolute Gasteiger partial charge is 0.343 e. The van der Waals surface area contributed by atoms with Gasteiger partial charge in [0.1, 0.15) is 21.8 Å². The molecule has 0 aliphatic carbocycles. The number of esters is 1. The van der Waals surface area contributed by atoms with Crippen molar-refractivity contribution in [3.05, 3.63) is 71.2 Å². The Hall–Kier alpha value is -2.87. The van der Waals surface area contributed by atoms with Gasteiger partial charge < -0.3 is 9.15 Å². The van der Waals surface area contributed by atoms with Crippen molar-refractivity contribution in [1.29, 1.82) is 0 Å². The molecule has 0 N–H and O–H groups in total. The van der Waals surface area contributed by atoms with Crippen LogP contribution in [0.25, 0.3) is 21.9 Å². The van der Waals surface area contributed by atoms with Crippen LogP contribution in [0.2, 0.25) is 5.02 Å². The first-order chi connectivity index (χ1) is 15.4. The summed E-state index contributed by atoms with van der Waals surface area (Å²) in [5.74, 6) is -0.326. The van der Waals surface area contributed by atoms with Crippen LogP contribution >= 0.6 is 11.6 Å². The van der Waals surface area contributed by atoms with E-state index in [-0.39, 0.29) is 15.5 Å². The maximum Gasteiger partial charge on any atom is 0.343 e. The number of piperidine rings is 1. The minimum absolute atomic E-state index is 0.0770. The molecule has 0 bridgehead atoms. The summed E-state index contributed by atoms with van der Waals surface area (Å²) in [6, 6.07) is 16.9. The summed E-state index contributed by atoms with van der Waals surface area (Å²) < 4.78 is 38.9. The van der Waals surface area contributed by atoms with Gasteiger partial charge in [-0.05, 0) is 55.3 Å². The number of rotatable bonds is 4. The van der Waals surface area contributed by atoms with Crippen LogP contribution in [0.15, 0.2) is 70.0 Å². The number of hydrogen-bond acceptors (Lipinski definition) is 5. The molecule has 3 aromatic carbocycles. The van der Waals surface area contributed by atoms with Gasteiger partial charge in [0.25, 0.3) is 0 Å². The van der Waals surface area contributed by atoms with E-state index in [0.29, 0.717) is 24.4 Å². The second-order valence-electron chi connectivity index (χ2n) is 7.76. The third-order valence-electron chi connectivity index (χ3n) is 5.66. The number of nitrogens with zero attached hydrogens (tertiary/aromatic N) is 1. The first kappa shape index (κ1) is 21.0. The molecule has 2 heterocycles. The van der Waals surface area contributed by atoms with Crippen molar-refractivity contribution in [1.82, 2.24) is 4.31 Å². The van der Waals surface area contributed by atoms with Crippen molar-refractivity contribution in [3.8, 4) is 5.75 Å². The molecule has 5 rings (SSSR count). The fraction of sp³-hybridized carbons (Fsp3) is 0.208. The Kier molecular flexibility index (Phi) is 5.41. The molecule has 0 radical (unpaired) electrons. The van der Waals surface area contributed by atoms with Crippen LogP contribution in [0.1, 0.15) is 29.6 Å². The highest BCUT2D eigenvalue weighted by Crippen LogP contribution is 2.32. The number of sulfonamides is 1. The normalized spacial score (nSPS) is 15.3. The molecule has 164 valence electrons. The van der Waals surface area contributed by atoms with Gasteiger partial charge in [0.15, 0.2) is 0 Å². The van der Waals surface area contributed by atoms with Gasteiger partial charge in [-0.3, -0.25) is 0 Å². The predicted octanol–water partition coefficient (Wildman–Crippen LogP) is 5.63. The summed E-state index contributed by atoms with van der Waals surface area (Å²) in [6.07, 6.45) is 2.62. The molecule has 0 saturated carbocycles. The van der Waals surface area contributed by atoms with E-state index in [1.54, 1.807) is 18.2 Å². The summed E-state index contributed by atoms with van der Waals surface area (Å²) >= 11 is 6.20. The van der Waals surface area contributed by atoms with Crippen molar-refractivity contribution in [2.24, 2.45) is 0 Å². The lowest BCUT2D eigenvalue weighted by atomic mass is 10.1. The fourth-order valence-corrected chi connectivity index (χ4v) is 6.02. The Morgan fingerprint density at radius 2 is 1.66 bits per heavy atom. The quantitative estimate of drug-likeness (QED) is 0.286. The topological polar surface area (TPSA) is 76.8 Å². The number of para-hydroxylation sites is 1. The first-order valence-corrected chi connectivity index (χ1v) is 12.2. The van der Waals surface area contributed by atoms with E-state index in [2.05, 4.69) is 0 Å². The molecule has 0 atom stereocenters. The Bertz CT molecular complexity index is 1440. The number of benzene rings is 3. The number of hydrogen-bond donors (Lipinski definition) is 0. The van der Waals surface area contributed by atoms with Gasteiger partial charge in [0.2, 0.25) is 10.0 Å². The Morgan fingerprint density at radius 3 is 2.47 bits per heavy atom.